The van der Waals surface area contributed by atoms with Crippen molar-refractivity contribution in [3.8, 4) is 0 Å². The lowest BCUT2D eigenvalue weighted by Crippen LogP contribution is -2.25. The molecule has 2 rings (SSSR count). The SMILES string of the molecule is CCCNC(c1ccc(I)c(Cl)c1)c1c(Br)cnn1C. The fourth-order valence-electron chi connectivity index (χ4n) is 2.10. The Kier molecular flexibility index (Phi) is 5.89. The van der Waals surface area contributed by atoms with Crippen molar-refractivity contribution in [1.82, 2.24) is 15.1 Å². The van der Waals surface area contributed by atoms with Crippen LogP contribution in [0.25, 0.3) is 0 Å². The highest BCUT2D eigenvalue weighted by Gasteiger charge is 2.20. The second-order valence-corrected chi connectivity index (χ2v) is 6.99. The van der Waals surface area contributed by atoms with Gasteiger partial charge in [-0.2, -0.15) is 5.10 Å². The zero-order valence-electron chi connectivity index (χ0n) is 11.3. The highest BCUT2D eigenvalue weighted by Crippen LogP contribution is 2.30. The van der Waals surface area contributed by atoms with Gasteiger partial charge in [-0.15, -0.1) is 0 Å². The first-order chi connectivity index (χ1) is 9.54. The maximum Gasteiger partial charge on any atom is 0.0760 e. The van der Waals surface area contributed by atoms with Crippen LogP contribution in [0.4, 0.5) is 0 Å². The molecule has 20 heavy (non-hydrogen) atoms. The van der Waals surface area contributed by atoms with Crippen molar-refractivity contribution in [2.45, 2.75) is 19.4 Å². The molecule has 0 saturated heterocycles. The van der Waals surface area contributed by atoms with Gasteiger partial charge in [0.1, 0.15) is 0 Å². The molecule has 6 heteroatoms. The van der Waals surface area contributed by atoms with Crippen LogP contribution in [-0.2, 0) is 7.05 Å². The smallest absolute Gasteiger partial charge is 0.0760 e. The number of nitrogens with zero attached hydrogens (tertiary/aromatic N) is 2. The number of hydrogen-bond acceptors (Lipinski definition) is 2. The summed E-state index contributed by atoms with van der Waals surface area (Å²) in [6, 6.07) is 6.26. The number of benzene rings is 1. The van der Waals surface area contributed by atoms with Crippen molar-refractivity contribution in [3.63, 3.8) is 0 Å². The molecule has 3 nitrogen and oxygen atoms in total. The maximum absolute atomic E-state index is 6.26. The molecule has 2 aromatic rings. The Balaban J connectivity index is 2.44. The van der Waals surface area contributed by atoms with E-state index in [4.69, 9.17) is 11.6 Å². The van der Waals surface area contributed by atoms with Crippen molar-refractivity contribution in [2.24, 2.45) is 7.05 Å². The Hall–Kier alpha value is -0.110. The molecule has 0 aliphatic carbocycles. The Morgan fingerprint density at radius 3 is 2.80 bits per heavy atom. The molecule has 108 valence electrons. The summed E-state index contributed by atoms with van der Waals surface area (Å²) in [6.45, 7) is 3.09. The van der Waals surface area contributed by atoms with Crippen LogP contribution in [0.5, 0.6) is 0 Å². The summed E-state index contributed by atoms with van der Waals surface area (Å²) in [7, 11) is 1.95. The van der Waals surface area contributed by atoms with Gasteiger partial charge >= 0.3 is 0 Å². The summed E-state index contributed by atoms with van der Waals surface area (Å²) < 4.78 is 3.96. The van der Waals surface area contributed by atoms with Gasteiger partial charge in [0, 0.05) is 10.6 Å². The lowest BCUT2D eigenvalue weighted by atomic mass is 10.0. The van der Waals surface area contributed by atoms with Crippen molar-refractivity contribution in [1.29, 1.82) is 0 Å². The summed E-state index contributed by atoms with van der Waals surface area (Å²) in [6.07, 6.45) is 2.90. The lowest BCUT2D eigenvalue weighted by molar-refractivity contribution is 0.552. The third kappa shape index (κ3) is 3.55. The minimum absolute atomic E-state index is 0.0753. The van der Waals surface area contributed by atoms with Crippen LogP contribution < -0.4 is 5.32 Å². The van der Waals surface area contributed by atoms with Crippen molar-refractivity contribution >= 4 is 50.1 Å². The highest BCUT2D eigenvalue weighted by atomic mass is 127. The lowest BCUT2D eigenvalue weighted by Gasteiger charge is -2.20. The summed E-state index contributed by atoms with van der Waals surface area (Å²) in [5.41, 5.74) is 2.25. The average molecular weight is 469 g/mol. The average Bonchev–Trinajstić information content (AvgIpc) is 2.75. The summed E-state index contributed by atoms with van der Waals surface area (Å²) >= 11 is 12.1. The molecule has 0 saturated carbocycles. The second kappa shape index (κ2) is 7.24. The van der Waals surface area contributed by atoms with Crippen LogP contribution >= 0.6 is 50.1 Å². The zero-order chi connectivity index (χ0) is 14.7. The first kappa shape index (κ1) is 16.3. The summed E-state index contributed by atoms with van der Waals surface area (Å²) in [5.74, 6) is 0. The van der Waals surface area contributed by atoms with Gasteiger partial charge in [-0.25, -0.2) is 0 Å². The van der Waals surface area contributed by atoms with Crippen molar-refractivity contribution in [3.05, 3.63) is 48.7 Å². The monoisotopic (exact) mass is 467 g/mol. The summed E-state index contributed by atoms with van der Waals surface area (Å²) in [4.78, 5) is 0. The number of halogens is 3. The minimum atomic E-state index is 0.0753. The molecule has 0 radical (unpaired) electrons. The zero-order valence-corrected chi connectivity index (χ0v) is 15.8. The van der Waals surface area contributed by atoms with Gasteiger partial charge in [0.15, 0.2) is 0 Å². The largest absolute Gasteiger partial charge is 0.305 e. The van der Waals surface area contributed by atoms with E-state index in [-0.39, 0.29) is 6.04 Å². The molecule has 1 aromatic heterocycles. The number of aryl methyl sites for hydroxylation is 1. The molecule has 0 aliphatic rings. The third-order valence-electron chi connectivity index (χ3n) is 3.09. The predicted molar refractivity (Wildman–Crippen MR) is 95.2 cm³/mol. The van der Waals surface area contributed by atoms with Gasteiger partial charge in [-0.3, -0.25) is 4.68 Å². The molecule has 0 aliphatic heterocycles. The van der Waals surface area contributed by atoms with E-state index in [2.05, 4.69) is 61.9 Å². The second-order valence-electron chi connectivity index (χ2n) is 4.56. The van der Waals surface area contributed by atoms with Gasteiger partial charge in [0.05, 0.1) is 27.4 Å². The number of rotatable bonds is 5. The number of nitrogens with one attached hydrogen (secondary N) is 1. The molecule has 0 fully saturated rings. The molecule has 1 N–H and O–H groups in total. The Bertz CT molecular complexity index is 581. The standard InChI is InChI=1S/C14H16BrClIN3/c1-3-6-18-13(14-10(15)8-19-20(14)2)9-4-5-12(17)11(16)7-9/h4-5,7-8,13,18H,3,6H2,1-2H3. The van der Waals surface area contributed by atoms with E-state index >= 15 is 0 Å². The van der Waals surface area contributed by atoms with Crippen LogP contribution in [0.2, 0.25) is 5.02 Å². The molecule has 1 aromatic carbocycles. The molecular formula is C14H16BrClIN3. The van der Waals surface area contributed by atoms with Gasteiger partial charge in [-0.1, -0.05) is 24.6 Å². The quantitative estimate of drug-likeness (QED) is 0.654. The van der Waals surface area contributed by atoms with E-state index in [0.717, 1.165) is 37.3 Å². The molecule has 0 bridgehead atoms. The van der Waals surface area contributed by atoms with Gasteiger partial charge in [0.2, 0.25) is 0 Å². The van der Waals surface area contributed by atoms with E-state index in [1.54, 1.807) is 0 Å². The van der Waals surface area contributed by atoms with Crippen LogP contribution in [0.3, 0.4) is 0 Å². The van der Waals surface area contributed by atoms with Crippen LogP contribution in [-0.4, -0.2) is 16.3 Å². The van der Waals surface area contributed by atoms with Crippen LogP contribution in [0.1, 0.15) is 30.6 Å². The maximum atomic E-state index is 6.26. The van der Waals surface area contributed by atoms with E-state index in [9.17, 15) is 0 Å². The Labute approximate surface area is 146 Å². The van der Waals surface area contributed by atoms with E-state index in [1.165, 1.54) is 0 Å². The van der Waals surface area contributed by atoms with Crippen molar-refractivity contribution < 1.29 is 0 Å². The molecule has 0 spiro atoms. The molecule has 1 unspecified atom stereocenters. The van der Waals surface area contributed by atoms with E-state index in [1.807, 2.05) is 30.1 Å². The number of aromatic nitrogens is 2. The topological polar surface area (TPSA) is 29.9 Å². The minimum Gasteiger partial charge on any atom is -0.305 e. The highest BCUT2D eigenvalue weighted by molar-refractivity contribution is 14.1. The van der Waals surface area contributed by atoms with Gasteiger partial charge < -0.3 is 5.32 Å². The van der Waals surface area contributed by atoms with Crippen molar-refractivity contribution in [2.75, 3.05) is 6.54 Å². The van der Waals surface area contributed by atoms with E-state index in [0.29, 0.717) is 0 Å². The molecule has 0 amide bonds. The van der Waals surface area contributed by atoms with E-state index < -0.39 is 0 Å². The molecule has 1 atom stereocenters. The first-order valence-electron chi connectivity index (χ1n) is 6.40. The Morgan fingerprint density at radius 2 is 2.25 bits per heavy atom. The predicted octanol–water partition coefficient (Wildman–Crippen LogP) is 4.53. The van der Waals surface area contributed by atoms with Gasteiger partial charge in [-0.05, 0) is 69.2 Å². The first-order valence-corrected chi connectivity index (χ1v) is 8.65. The Morgan fingerprint density at radius 1 is 1.50 bits per heavy atom. The number of hydrogen-bond donors (Lipinski definition) is 1. The molecule has 1 heterocycles. The van der Waals surface area contributed by atoms with Crippen LogP contribution in [0.15, 0.2) is 28.9 Å². The van der Waals surface area contributed by atoms with Gasteiger partial charge in [0.25, 0.3) is 0 Å². The normalized spacial score (nSPS) is 12.7. The molecular weight excluding hydrogens is 452 g/mol. The summed E-state index contributed by atoms with van der Waals surface area (Å²) in [5, 5.41) is 8.65. The third-order valence-corrected chi connectivity index (χ3v) is 5.27. The van der Waals surface area contributed by atoms with Crippen LogP contribution in [0, 0.1) is 3.57 Å². The fraction of sp³-hybridized carbons (Fsp3) is 0.357. The fourth-order valence-corrected chi connectivity index (χ4v) is 3.20.